The fourth-order valence-electron chi connectivity index (χ4n) is 4.35. The lowest BCUT2D eigenvalue weighted by atomic mass is 10.0. The largest absolute Gasteiger partial charge is 0.477 e. The van der Waals surface area contributed by atoms with E-state index in [9.17, 15) is 18.3 Å². The van der Waals surface area contributed by atoms with Crippen LogP contribution in [0, 0.1) is 6.92 Å². The Kier molecular flexibility index (Phi) is 5.70. The topological polar surface area (TPSA) is 105 Å². The number of anilines is 1. The van der Waals surface area contributed by atoms with Gasteiger partial charge in [0.1, 0.15) is 9.84 Å². The molecule has 8 nitrogen and oxygen atoms in total. The fraction of sp³-hybridized carbons (Fsp3) is 0.435. The second-order valence-corrected chi connectivity index (χ2v) is 11.2. The summed E-state index contributed by atoms with van der Waals surface area (Å²) < 4.78 is 25.7. The molecule has 9 heteroatoms. The van der Waals surface area contributed by atoms with Crippen molar-refractivity contribution in [2.75, 3.05) is 24.2 Å². The van der Waals surface area contributed by atoms with Crippen molar-refractivity contribution < 1.29 is 18.3 Å². The van der Waals surface area contributed by atoms with Crippen molar-refractivity contribution >= 4 is 32.5 Å². The molecule has 0 spiro atoms. The Hall–Kier alpha value is -2.94. The van der Waals surface area contributed by atoms with Crippen LogP contribution in [-0.2, 0) is 9.84 Å². The highest BCUT2D eigenvalue weighted by atomic mass is 32.2. The Balaban J connectivity index is 1.92. The molecule has 0 aliphatic carbocycles. The maximum absolute atomic E-state index is 12.0. The number of carboxylic acid groups (broad SMARTS) is 1. The molecule has 0 atom stereocenters. The van der Waals surface area contributed by atoms with Gasteiger partial charge in [0.05, 0.1) is 27.7 Å². The van der Waals surface area contributed by atoms with Gasteiger partial charge in [-0.1, -0.05) is 26.0 Å². The first kappa shape index (κ1) is 22.3. The van der Waals surface area contributed by atoms with E-state index in [1.165, 1.54) is 6.26 Å². The van der Waals surface area contributed by atoms with Gasteiger partial charge in [-0.05, 0) is 49.4 Å². The van der Waals surface area contributed by atoms with Crippen LogP contribution in [0.2, 0.25) is 0 Å². The van der Waals surface area contributed by atoms with Crippen molar-refractivity contribution in [2.45, 2.75) is 44.8 Å². The zero-order chi connectivity index (χ0) is 23.2. The first-order chi connectivity index (χ1) is 15.1. The number of benzene rings is 1. The Morgan fingerprint density at radius 3 is 2.44 bits per heavy atom. The number of aromatic carboxylic acids is 1. The molecule has 2 aromatic heterocycles. The molecule has 0 bridgehead atoms. The molecular formula is C23H28N4O4S. The van der Waals surface area contributed by atoms with Crippen LogP contribution in [0.1, 0.15) is 54.4 Å². The van der Waals surface area contributed by atoms with Gasteiger partial charge < -0.3 is 10.0 Å². The van der Waals surface area contributed by atoms with Crippen molar-refractivity contribution in [3.8, 4) is 5.69 Å². The molecule has 170 valence electrons. The van der Waals surface area contributed by atoms with E-state index in [-0.39, 0.29) is 16.9 Å². The van der Waals surface area contributed by atoms with Gasteiger partial charge in [0.25, 0.3) is 0 Å². The van der Waals surface area contributed by atoms with Crippen molar-refractivity contribution in [2.24, 2.45) is 0 Å². The number of fused-ring (bicyclic) bond motifs is 1. The highest BCUT2D eigenvalue weighted by Gasteiger charge is 2.30. The maximum Gasteiger partial charge on any atom is 0.354 e. The average molecular weight is 457 g/mol. The van der Waals surface area contributed by atoms with Crippen LogP contribution in [0.4, 0.5) is 5.69 Å². The molecule has 32 heavy (non-hydrogen) atoms. The number of piperidine rings is 1. The van der Waals surface area contributed by atoms with Gasteiger partial charge >= 0.3 is 5.97 Å². The average Bonchev–Trinajstić information content (AvgIpc) is 3.12. The summed E-state index contributed by atoms with van der Waals surface area (Å²) in [6.07, 6.45) is 2.30. The molecule has 0 radical (unpaired) electrons. The smallest absolute Gasteiger partial charge is 0.354 e. The van der Waals surface area contributed by atoms with Crippen molar-refractivity contribution in [3.05, 3.63) is 47.3 Å². The van der Waals surface area contributed by atoms with E-state index in [0.717, 1.165) is 28.0 Å². The summed E-state index contributed by atoms with van der Waals surface area (Å²) >= 11 is 0. The molecule has 1 aromatic carbocycles. The Bertz CT molecular complexity index is 1290. The van der Waals surface area contributed by atoms with Crippen LogP contribution in [-0.4, -0.2) is 58.9 Å². The SMILES string of the molecule is Cc1cccc(-n2nc(C(C)C)c3c(N4CCC(S(C)(=O)=O)CC4)cc(C(=O)O)nc32)c1. The van der Waals surface area contributed by atoms with Gasteiger partial charge in [0.2, 0.25) is 0 Å². The minimum Gasteiger partial charge on any atom is -0.477 e. The van der Waals surface area contributed by atoms with Crippen molar-refractivity contribution in [3.63, 3.8) is 0 Å². The lowest BCUT2D eigenvalue weighted by Crippen LogP contribution is -2.39. The van der Waals surface area contributed by atoms with Crippen LogP contribution < -0.4 is 4.90 Å². The normalized spacial score (nSPS) is 15.6. The maximum atomic E-state index is 12.0. The molecule has 0 saturated carbocycles. The van der Waals surface area contributed by atoms with Crippen LogP contribution in [0.3, 0.4) is 0 Å². The van der Waals surface area contributed by atoms with Gasteiger partial charge in [-0.25, -0.2) is 22.9 Å². The standard InChI is InChI=1S/C23H28N4O4S/c1-14(2)21-20-19(26-10-8-17(9-11-26)32(4,30)31)13-18(23(28)29)24-22(20)27(25-21)16-7-5-6-15(3)12-16/h5-7,12-14,17H,8-11H2,1-4H3,(H,28,29). The number of aryl methyl sites for hydroxylation is 1. The van der Waals surface area contributed by atoms with E-state index in [1.807, 2.05) is 45.0 Å². The lowest BCUT2D eigenvalue weighted by Gasteiger charge is -2.33. The molecule has 3 heterocycles. The Morgan fingerprint density at radius 2 is 1.88 bits per heavy atom. The first-order valence-electron chi connectivity index (χ1n) is 10.7. The van der Waals surface area contributed by atoms with E-state index in [0.29, 0.717) is 31.6 Å². The lowest BCUT2D eigenvalue weighted by molar-refractivity contribution is 0.0691. The summed E-state index contributed by atoms with van der Waals surface area (Å²) in [5, 5.41) is 15.1. The number of pyridine rings is 1. The number of hydrogen-bond acceptors (Lipinski definition) is 6. The third-order valence-electron chi connectivity index (χ3n) is 6.04. The van der Waals surface area contributed by atoms with Crippen LogP contribution in [0.15, 0.2) is 30.3 Å². The fourth-order valence-corrected chi connectivity index (χ4v) is 5.42. The molecule has 1 fully saturated rings. The number of nitrogens with zero attached hydrogens (tertiary/aromatic N) is 4. The number of carboxylic acids is 1. The molecule has 1 aliphatic heterocycles. The molecule has 1 N–H and O–H groups in total. The minimum atomic E-state index is -3.10. The summed E-state index contributed by atoms with van der Waals surface area (Å²) in [4.78, 5) is 18.5. The monoisotopic (exact) mass is 456 g/mol. The van der Waals surface area contributed by atoms with Crippen molar-refractivity contribution in [1.82, 2.24) is 14.8 Å². The van der Waals surface area contributed by atoms with E-state index in [4.69, 9.17) is 5.10 Å². The van der Waals surface area contributed by atoms with Crippen molar-refractivity contribution in [1.29, 1.82) is 0 Å². The van der Waals surface area contributed by atoms with E-state index >= 15 is 0 Å². The first-order valence-corrected chi connectivity index (χ1v) is 12.7. The Morgan fingerprint density at radius 1 is 1.19 bits per heavy atom. The molecule has 4 rings (SSSR count). The summed E-state index contributed by atoms with van der Waals surface area (Å²) in [5.74, 6) is -1.02. The number of sulfone groups is 1. The number of hydrogen-bond donors (Lipinski definition) is 1. The molecular weight excluding hydrogens is 428 g/mol. The molecule has 0 unspecified atom stereocenters. The summed E-state index contributed by atoms with van der Waals surface area (Å²) in [6, 6.07) is 9.44. The molecule has 3 aromatic rings. The predicted octanol–water partition coefficient (Wildman–Crippen LogP) is 3.56. The molecule has 1 saturated heterocycles. The summed E-state index contributed by atoms with van der Waals surface area (Å²) in [6.45, 7) is 7.15. The van der Waals surface area contributed by atoms with E-state index < -0.39 is 15.8 Å². The van der Waals surface area contributed by atoms with Gasteiger partial charge in [0.15, 0.2) is 11.3 Å². The van der Waals surface area contributed by atoms with E-state index in [2.05, 4.69) is 9.88 Å². The summed E-state index contributed by atoms with van der Waals surface area (Å²) in [7, 11) is -3.10. The van der Waals surface area contributed by atoms with Gasteiger partial charge in [-0.3, -0.25) is 0 Å². The zero-order valence-electron chi connectivity index (χ0n) is 18.7. The highest BCUT2D eigenvalue weighted by Crippen LogP contribution is 2.36. The minimum absolute atomic E-state index is 0.0538. The van der Waals surface area contributed by atoms with Crippen LogP contribution in [0.5, 0.6) is 0 Å². The van der Waals surface area contributed by atoms with Gasteiger partial charge in [-0.15, -0.1) is 0 Å². The zero-order valence-corrected chi connectivity index (χ0v) is 19.6. The molecule has 1 aliphatic rings. The number of carbonyl (C=O) groups is 1. The predicted molar refractivity (Wildman–Crippen MR) is 125 cm³/mol. The van der Waals surface area contributed by atoms with Gasteiger partial charge in [-0.2, -0.15) is 5.10 Å². The number of rotatable bonds is 5. The summed E-state index contributed by atoms with van der Waals surface area (Å²) in [5.41, 5.74) is 3.92. The molecule has 0 amide bonds. The van der Waals surface area contributed by atoms with Gasteiger partial charge in [0, 0.05) is 19.3 Å². The second kappa shape index (κ2) is 8.20. The third-order valence-corrected chi connectivity index (χ3v) is 7.73. The third kappa shape index (κ3) is 4.09. The van der Waals surface area contributed by atoms with Crippen LogP contribution in [0.25, 0.3) is 16.7 Å². The number of aromatic nitrogens is 3. The quantitative estimate of drug-likeness (QED) is 0.626. The Labute approximate surface area is 187 Å². The second-order valence-electron chi connectivity index (χ2n) is 8.84. The highest BCUT2D eigenvalue weighted by molar-refractivity contribution is 7.91. The van der Waals surface area contributed by atoms with E-state index in [1.54, 1.807) is 10.7 Å². The van der Waals surface area contributed by atoms with Crippen LogP contribution >= 0.6 is 0 Å².